The van der Waals surface area contributed by atoms with Gasteiger partial charge in [0.05, 0.1) is 6.20 Å². The van der Waals surface area contributed by atoms with Crippen molar-refractivity contribution in [2.45, 2.75) is 44.9 Å². The fraction of sp³-hybridized carbons (Fsp3) is 0.812. The van der Waals surface area contributed by atoms with Gasteiger partial charge in [-0.3, -0.25) is 0 Å². The minimum Gasteiger partial charge on any atom is -0.445 e. The highest BCUT2D eigenvalue weighted by atomic mass is 16.4. The van der Waals surface area contributed by atoms with Gasteiger partial charge >= 0.3 is 0 Å². The van der Waals surface area contributed by atoms with Gasteiger partial charge in [0, 0.05) is 18.9 Å². The fourth-order valence-electron chi connectivity index (χ4n) is 4.80. The molecule has 3 saturated carbocycles. The van der Waals surface area contributed by atoms with Gasteiger partial charge in [0.2, 0.25) is 0 Å². The first-order valence-electron chi connectivity index (χ1n) is 8.03. The Morgan fingerprint density at radius 3 is 2.79 bits per heavy atom. The van der Waals surface area contributed by atoms with Crippen LogP contribution >= 0.6 is 0 Å². The van der Waals surface area contributed by atoms with Crippen LogP contribution in [0.4, 0.5) is 0 Å². The van der Waals surface area contributed by atoms with E-state index in [-0.39, 0.29) is 0 Å². The molecule has 2 bridgehead atoms. The summed E-state index contributed by atoms with van der Waals surface area (Å²) in [4.78, 5) is 4.47. The van der Waals surface area contributed by atoms with E-state index >= 15 is 0 Å². The van der Waals surface area contributed by atoms with E-state index in [9.17, 15) is 0 Å². The number of rotatable bonds is 6. The first kappa shape index (κ1) is 12.0. The van der Waals surface area contributed by atoms with Gasteiger partial charge in [-0.2, -0.15) is 0 Å². The highest BCUT2D eigenvalue weighted by Crippen LogP contribution is 2.73. The van der Waals surface area contributed by atoms with E-state index in [1.54, 1.807) is 0 Å². The summed E-state index contributed by atoms with van der Waals surface area (Å²) < 4.78 is 6.00. The molecule has 3 aliphatic carbocycles. The van der Waals surface area contributed by atoms with Gasteiger partial charge in [-0.1, -0.05) is 6.92 Å². The molecule has 0 amide bonds. The zero-order valence-corrected chi connectivity index (χ0v) is 11.8. The Kier molecular flexibility index (Phi) is 2.91. The second-order valence-electron chi connectivity index (χ2n) is 6.67. The molecular weight excluding hydrogens is 236 g/mol. The van der Waals surface area contributed by atoms with E-state index in [0.29, 0.717) is 0 Å². The van der Waals surface area contributed by atoms with Crippen molar-refractivity contribution in [3.63, 3.8) is 0 Å². The topological polar surface area (TPSA) is 38.1 Å². The lowest BCUT2D eigenvalue weighted by Gasteiger charge is -2.05. The van der Waals surface area contributed by atoms with E-state index in [2.05, 4.69) is 17.2 Å². The number of fused-ring (bicyclic) bond motifs is 5. The Labute approximate surface area is 115 Å². The third-order valence-electron chi connectivity index (χ3n) is 5.58. The van der Waals surface area contributed by atoms with Crippen molar-refractivity contribution in [3.8, 4) is 0 Å². The van der Waals surface area contributed by atoms with Crippen molar-refractivity contribution in [1.82, 2.24) is 10.3 Å². The average Bonchev–Trinajstić information content (AvgIpc) is 2.83. The lowest BCUT2D eigenvalue weighted by atomic mass is 10.0. The van der Waals surface area contributed by atoms with Crippen LogP contribution < -0.4 is 5.32 Å². The van der Waals surface area contributed by atoms with E-state index in [4.69, 9.17) is 4.42 Å². The molecule has 1 aromatic heterocycles. The van der Waals surface area contributed by atoms with Gasteiger partial charge < -0.3 is 9.73 Å². The molecule has 4 rings (SSSR count). The van der Waals surface area contributed by atoms with Crippen LogP contribution in [-0.2, 0) is 6.42 Å². The van der Waals surface area contributed by atoms with Crippen molar-refractivity contribution in [2.75, 3.05) is 13.1 Å². The van der Waals surface area contributed by atoms with Gasteiger partial charge in [-0.05, 0) is 55.9 Å². The third kappa shape index (κ3) is 1.94. The third-order valence-corrected chi connectivity index (χ3v) is 5.58. The molecule has 0 aromatic carbocycles. The maximum Gasteiger partial charge on any atom is 0.195 e. The van der Waals surface area contributed by atoms with E-state index in [1.807, 2.05) is 6.20 Å². The minimum absolute atomic E-state index is 0.733. The summed E-state index contributed by atoms with van der Waals surface area (Å²) in [6, 6.07) is 0. The van der Waals surface area contributed by atoms with E-state index in [1.165, 1.54) is 31.4 Å². The summed E-state index contributed by atoms with van der Waals surface area (Å²) in [6.07, 6.45) is 8.58. The Morgan fingerprint density at radius 2 is 2.05 bits per heavy atom. The molecule has 0 radical (unpaired) electrons. The zero-order chi connectivity index (χ0) is 12.8. The molecule has 19 heavy (non-hydrogen) atoms. The highest BCUT2D eigenvalue weighted by molar-refractivity contribution is 5.25. The molecule has 4 atom stereocenters. The van der Waals surface area contributed by atoms with Gasteiger partial charge in [0.25, 0.3) is 0 Å². The Hall–Kier alpha value is -0.830. The van der Waals surface area contributed by atoms with Crippen LogP contribution in [0, 0.1) is 23.7 Å². The van der Waals surface area contributed by atoms with Gasteiger partial charge in [0.15, 0.2) is 5.89 Å². The number of nitrogens with zero attached hydrogens (tertiary/aromatic N) is 1. The molecular formula is C16H24N2O. The monoisotopic (exact) mass is 260 g/mol. The van der Waals surface area contributed by atoms with Crippen LogP contribution in [0.3, 0.4) is 0 Å². The predicted molar refractivity (Wildman–Crippen MR) is 73.9 cm³/mol. The second-order valence-corrected chi connectivity index (χ2v) is 6.67. The quantitative estimate of drug-likeness (QED) is 0.799. The summed E-state index contributed by atoms with van der Waals surface area (Å²) in [5.41, 5.74) is 0. The SMILES string of the molecule is CCCNCCc1ncc(C2C3C4CCC(C4)C23)o1. The van der Waals surface area contributed by atoms with Crippen LogP contribution in [0.25, 0.3) is 0 Å². The molecule has 1 heterocycles. The van der Waals surface area contributed by atoms with Crippen LogP contribution in [-0.4, -0.2) is 18.1 Å². The molecule has 0 saturated heterocycles. The molecule has 1 N–H and O–H groups in total. The zero-order valence-electron chi connectivity index (χ0n) is 11.8. The minimum atomic E-state index is 0.733. The Balaban J connectivity index is 1.35. The van der Waals surface area contributed by atoms with Crippen molar-refractivity contribution >= 4 is 0 Å². The molecule has 4 unspecified atom stereocenters. The smallest absolute Gasteiger partial charge is 0.195 e. The van der Waals surface area contributed by atoms with Gasteiger partial charge in [0.1, 0.15) is 5.76 Å². The number of hydrogen-bond donors (Lipinski definition) is 1. The molecule has 104 valence electrons. The largest absolute Gasteiger partial charge is 0.445 e. The summed E-state index contributed by atoms with van der Waals surface area (Å²) in [5.74, 6) is 6.79. The molecule has 0 spiro atoms. The van der Waals surface area contributed by atoms with Crippen LogP contribution in [0.15, 0.2) is 10.6 Å². The first-order valence-corrected chi connectivity index (χ1v) is 8.03. The fourth-order valence-corrected chi connectivity index (χ4v) is 4.80. The summed E-state index contributed by atoms with van der Waals surface area (Å²) in [7, 11) is 0. The van der Waals surface area contributed by atoms with Gasteiger partial charge in [-0.15, -0.1) is 0 Å². The molecule has 3 aliphatic rings. The van der Waals surface area contributed by atoms with Crippen molar-refractivity contribution in [2.24, 2.45) is 23.7 Å². The Morgan fingerprint density at radius 1 is 1.26 bits per heavy atom. The lowest BCUT2D eigenvalue weighted by Crippen LogP contribution is -2.17. The number of aromatic nitrogens is 1. The van der Waals surface area contributed by atoms with Crippen molar-refractivity contribution in [3.05, 3.63) is 17.8 Å². The molecule has 3 heteroatoms. The number of hydrogen-bond acceptors (Lipinski definition) is 3. The molecule has 3 fully saturated rings. The normalized spacial score (nSPS) is 38.7. The summed E-state index contributed by atoms with van der Waals surface area (Å²) in [6.45, 7) is 4.26. The molecule has 3 nitrogen and oxygen atoms in total. The maximum atomic E-state index is 6.00. The van der Waals surface area contributed by atoms with Gasteiger partial charge in [-0.25, -0.2) is 4.98 Å². The number of nitrogens with one attached hydrogen (secondary N) is 1. The van der Waals surface area contributed by atoms with E-state index in [0.717, 1.165) is 55.0 Å². The second kappa shape index (κ2) is 4.62. The Bertz CT molecular complexity index is 439. The maximum absolute atomic E-state index is 6.00. The van der Waals surface area contributed by atoms with Crippen molar-refractivity contribution in [1.29, 1.82) is 0 Å². The van der Waals surface area contributed by atoms with Crippen LogP contribution in [0.2, 0.25) is 0 Å². The predicted octanol–water partition coefficient (Wildman–Crippen LogP) is 2.98. The average molecular weight is 260 g/mol. The number of oxazole rings is 1. The first-order chi connectivity index (χ1) is 9.38. The van der Waals surface area contributed by atoms with Crippen LogP contribution in [0.5, 0.6) is 0 Å². The van der Waals surface area contributed by atoms with E-state index < -0.39 is 0 Å². The lowest BCUT2D eigenvalue weighted by molar-refractivity contribution is 0.414. The molecule has 0 aliphatic heterocycles. The van der Waals surface area contributed by atoms with Crippen molar-refractivity contribution < 1.29 is 4.42 Å². The summed E-state index contributed by atoms with van der Waals surface area (Å²) in [5, 5.41) is 3.40. The van der Waals surface area contributed by atoms with Crippen LogP contribution in [0.1, 0.15) is 50.2 Å². The molecule has 1 aromatic rings. The highest BCUT2D eigenvalue weighted by Gasteiger charge is 2.66. The summed E-state index contributed by atoms with van der Waals surface area (Å²) >= 11 is 0. The standard InChI is InChI=1S/C16H24N2O/c1-2-6-17-7-5-13-18-9-12(19-13)16-14-10-3-4-11(8-10)15(14)16/h9-11,14-17H,2-8H2,1H3.